The summed E-state index contributed by atoms with van der Waals surface area (Å²) in [6, 6.07) is 15.2. The van der Waals surface area contributed by atoms with Crippen LogP contribution >= 0.6 is 0 Å². The van der Waals surface area contributed by atoms with Crippen molar-refractivity contribution in [2.24, 2.45) is 0 Å². The summed E-state index contributed by atoms with van der Waals surface area (Å²) in [6.45, 7) is 3.90. The maximum absolute atomic E-state index is 11.2. The van der Waals surface area contributed by atoms with Crippen LogP contribution in [0.3, 0.4) is 0 Å². The zero-order chi connectivity index (χ0) is 17.4. The summed E-state index contributed by atoms with van der Waals surface area (Å²) in [6.07, 6.45) is 6.36. The molecule has 0 radical (unpaired) electrons. The Labute approximate surface area is 145 Å². The predicted octanol–water partition coefficient (Wildman–Crippen LogP) is 4.72. The van der Waals surface area contributed by atoms with Crippen LogP contribution in [-0.2, 0) is 0 Å². The Balaban J connectivity index is 1.94. The van der Waals surface area contributed by atoms with Crippen LogP contribution < -0.4 is 0 Å². The number of nitro benzene ring substituents is 1. The fourth-order valence-electron chi connectivity index (χ4n) is 3.80. The van der Waals surface area contributed by atoms with E-state index in [-0.39, 0.29) is 22.6 Å². The molecule has 2 atom stereocenters. The Bertz CT molecular complexity index is 961. The fourth-order valence-corrected chi connectivity index (χ4v) is 3.80. The van der Waals surface area contributed by atoms with Crippen molar-refractivity contribution in [3.8, 4) is 11.3 Å². The van der Waals surface area contributed by atoms with Crippen molar-refractivity contribution in [1.29, 1.82) is 0 Å². The molecule has 0 bridgehead atoms. The molecule has 0 aliphatic carbocycles. The number of fused-ring (bicyclic) bond motifs is 3. The molecular weight excluding hydrogens is 314 g/mol. The summed E-state index contributed by atoms with van der Waals surface area (Å²) in [7, 11) is 0. The van der Waals surface area contributed by atoms with Crippen LogP contribution in [0.5, 0.6) is 0 Å². The summed E-state index contributed by atoms with van der Waals surface area (Å²) in [4.78, 5) is 15.2. The first-order valence-electron chi connectivity index (χ1n) is 8.17. The highest BCUT2D eigenvalue weighted by molar-refractivity contribution is 5.68. The Morgan fingerprint density at radius 1 is 1.24 bits per heavy atom. The molecule has 2 aromatic carbocycles. The third-order valence-corrected chi connectivity index (χ3v) is 4.83. The Morgan fingerprint density at radius 3 is 2.88 bits per heavy atom. The van der Waals surface area contributed by atoms with Gasteiger partial charge in [0.2, 0.25) is 0 Å². The third kappa shape index (κ3) is 2.45. The zero-order valence-electron chi connectivity index (χ0n) is 13.6. The molecule has 2 heterocycles. The average molecular weight is 331 g/mol. The highest BCUT2D eigenvalue weighted by Gasteiger charge is 2.34. The predicted molar refractivity (Wildman–Crippen MR) is 96.5 cm³/mol. The van der Waals surface area contributed by atoms with Crippen LogP contribution in [0.1, 0.15) is 29.5 Å². The molecular formula is C20H17N3O2. The number of hydrogen-bond donors (Lipinski definition) is 0. The number of hydrogen-bond acceptors (Lipinski definition) is 3. The number of aromatic nitrogens is 2. The van der Waals surface area contributed by atoms with Gasteiger partial charge in [0.15, 0.2) is 0 Å². The van der Waals surface area contributed by atoms with E-state index in [1.165, 1.54) is 11.6 Å². The van der Waals surface area contributed by atoms with Crippen molar-refractivity contribution < 1.29 is 4.92 Å². The van der Waals surface area contributed by atoms with E-state index in [2.05, 4.69) is 28.3 Å². The van der Waals surface area contributed by atoms with Gasteiger partial charge in [0.25, 0.3) is 5.69 Å². The summed E-state index contributed by atoms with van der Waals surface area (Å²) in [5.74, 6) is 0.01000. The van der Waals surface area contributed by atoms with Crippen molar-refractivity contribution in [3.63, 3.8) is 0 Å². The Morgan fingerprint density at radius 2 is 2.08 bits per heavy atom. The Hall–Kier alpha value is -3.21. The van der Waals surface area contributed by atoms with Crippen LogP contribution in [0, 0.1) is 10.1 Å². The van der Waals surface area contributed by atoms with E-state index in [4.69, 9.17) is 0 Å². The number of nitro groups is 1. The quantitative estimate of drug-likeness (QED) is 0.395. The van der Waals surface area contributed by atoms with Crippen molar-refractivity contribution in [2.75, 3.05) is 0 Å². The lowest BCUT2D eigenvalue weighted by atomic mass is 9.78. The fraction of sp³-hybridized carbons (Fsp3) is 0.150. The zero-order valence-corrected chi connectivity index (χ0v) is 13.6. The van der Waals surface area contributed by atoms with Crippen molar-refractivity contribution in [2.45, 2.75) is 18.4 Å². The number of allylic oxidation sites excluding steroid dienone is 1. The maximum Gasteiger partial charge on any atom is 0.269 e. The van der Waals surface area contributed by atoms with Gasteiger partial charge in [-0.3, -0.25) is 10.1 Å². The first kappa shape index (κ1) is 15.3. The summed E-state index contributed by atoms with van der Waals surface area (Å²) in [5, 5.41) is 11.2. The first-order valence-corrected chi connectivity index (χ1v) is 8.17. The average Bonchev–Trinajstić information content (AvgIpc) is 3.12. The van der Waals surface area contributed by atoms with E-state index in [0.717, 1.165) is 23.2 Å². The lowest BCUT2D eigenvalue weighted by molar-refractivity contribution is -0.384. The topological polar surface area (TPSA) is 61.0 Å². The highest BCUT2D eigenvalue weighted by atomic mass is 16.6. The van der Waals surface area contributed by atoms with Gasteiger partial charge in [-0.05, 0) is 17.5 Å². The second-order valence-corrected chi connectivity index (χ2v) is 6.19. The second-order valence-electron chi connectivity index (χ2n) is 6.19. The van der Waals surface area contributed by atoms with Crippen LogP contribution in [0.2, 0.25) is 0 Å². The van der Waals surface area contributed by atoms with Crippen molar-refractivity contribution >= 4 is 5.69 Å². The molecule has 1 aromatic heterocycles. The first-order chi connectivity index (χ1) is 12.2. The van der Waals surface area contributed by atoms with E-state index < -0.39 is 0 Å². The highest BCUT2D eigenvalue weighted by Crippen LogP contribution is 2.47. The van der Waals surface area contributed by atoms with E-state index in [9.17, 15) is 10.1 Å². The van der Waals surface area contributed by atoms with Gasteiger partial charge in [-0.25, -0.2) is 4.98 Å². The van der Waals surface area contributed by atoms with Crippen molar-refractivity contribution in [3.05, 3.63) is 95.0 Å². The SMILES string of the molecule is C=CCC1C(c2cccc([N+](=O)[O-])c2)c2ccccc2-c2cncn21. The van der Waals surface area contributed by atoms with E-state index >= 15 is 0 Å². The molecule has 5 nitrogen and oxygen atoms in total. The second kappa shape index (κ2) is 6.02. The van der Waals surface area contributed by atoms with Gasteiger partial charge in [-0.1, -0.05) is 42.5 Å². The molecule has 2 unspecified atom stereocenters. The van der Waals surface area contributed by atoms with Gasteiger partial charge in [-0.15, -0.1) is 6.58 Å². The normalized spacial score (nSPS) is 18.2. The monoisotopic (exact) mass is 331 g/mol. The minimum absolute atomic E-state index is 0.01000. The van der Waals surface area contributed by atoms with Crippen molar-refractivity contribution in [1.82, 2.24) is 9.55 Å². The number of rotatable bonds is 4. The third-order valence-electron chi connectivity index (χ3n) is 4.83. The van der Waals surface area contributed by atoms with Gasteiger partial charge in [0, 0.05) is 29.7 Å². The van der Waals surface area contributed by atoms with Gasteiger partial charge < -0.3 is 4.57 Å². The summed E-state index contributed by atoms with van der Waals surface area (Å²) < 4.78 is 2.16. The van der Waals surface area contributed by atoms with Gasteiger partial charge >= 0.3 is 0 Å². The van der Waals surface area contributed by atoms with Crippen LogP contribution in [0.15, 0.2) is 73.7 Å². The van der Waals surface area contributed by atoms with Gasteiger partial charge in [-0.2, -0.15) is 0 Å². The maximum atomic E-state index is 11.2. The molecule has 0 saturated carbocycles. The van der Waals surface area contributed by atoms with Gasteiger partial charge in [0.05, 0.1) is 23.1 Å². The standard InChI is InChI=1S/C20H17N3O2/c1-2-6-18-20(14-7-5-8-15(11-14)23(24)25)17-10-4-3-9-16(17)19-12-21-13-22(18)19/h2-5,7-13,18,20H,1,6H2. The largest absolute Gasteiger partial charge is 0.326 e. The number of non-ortho nitro benzene ring substituents is 1. The van der Waals surface area contributed by atoms with Gasteiger partial charge in [0.1, 0.15) is 0 Å². The smallest absolute Gasteiger partial charge is 0.269 e. The molecule has 0 fully saturated rings. The molecule has 0 N–H and O–H groups in total. The molecule has 3 aromatic rings. The molecule has 1 aliphatic heterocycles. The van der Waals surface area contributed by atoms with Crippen LogP contribution in [0.4, 0.5) is 5.69 Å². The summed E-state index contributed by atoms with van der Waals surface area (Å²) >= 11 is 0. The minimum atomic E-state index is -0.344. The molecule has 124 valence electrons. The van der Waals surface area contributed by atoms with Crippen LogP contribution in [0.25, 0.3) is 11.3 Å². The van der Waals surface area contributed by atoms with E-state index in [1.807, 2.05) is 36.8 Å². The molecule has 0 amide bonds. The number of nitrogens with zero attached hydrogens (tertiary/aromatic N) is 3. The van der Waals surface area contributed by atoms with E-state index in [0.29, 0.717) is 0 Å². The number of imidazole rings is 1. The molecule has 5 heteroatoms. The number of benzene rings is 2. The molecule has 25 heavy (non-hydrogen) atoms. The minimum Gasteiger partial charge on any atom is -0.326 e. The molecule has 0 spiro atoms. The lowest BCUT2D eigenvalue weighted by Gasteiger charge is -2.35. The molecule has 4 rings (SSSR count). The van der Waals surface area contributed by atoms with E-state index in [1.54, 1.807) is 12.1 Å². The molecule has 1 aliphatic rings. The molecule has 0 saturated heterocycles. The lowest BCUT2D eigenvalue weighted by Crippen LogP contribution is -2.24. The van der Waals surface area contributed by atoms with Crippen LogP contribution in [-0.4, -0.2) is 14.5 Å². The summed E-state index contributed by atoms with van der Waals surface area (Å²) in [5.41, 5.74) is 4.42. The Kier molecular flexibility index (Phi) is 3.69.